The Morgan fingerprint density at radius 1 is 1.14 bits per heavy atom. The summed E-state index contributed by atoms with van der Waals surface area (Å²) in [5.74, 6) is 0.327. The molecule has 1 unspecified atom stereocenters. The van der Waals surface area contributed by atoms with Crippen molar-refractivity contribution in [3.63, 3.8) is 0 Å². The highest BCUT2D eigenvalue weighted by molar-refractivity contribution is 8.00. The van der Waals surface area contributed by atoms with Gasteiger partial charge in [-0.25, -0.2) is 14.8 Å². The van der Waals surface area contributed by atoms with E-state index in [1.54, 1.807) is 4.57 Å². The SMILES string of the molecule is NC(=O)C(Sc1nc(C2CC2)nc2c1c(=O)[nH]c(=O)n2C1CC1)c1ccccc1. The van der Waals surface area contributed by atoms with Gasteiger partial charge in [-0.2, -0.15) is 0 Å². The van der Waals surface area contributed by atoms with Crippen LogP contribution in [0.3, 0.4) is 0 Å². The van der Waals surface area contributed by atoms with E-state index in [0.29, 0.717) is 16.5 Å². The third-order valence-corrected chi connectivity index (χ3v) is 6.47. The molecule has 2 heterocycles. The number of thioether (sulfide) groups is 1. The minimum absolute atomic E-state index is 0.0442. The van der Waals surface area contributed by atoms with Gasteiger partial charge in [-0.3, -0.25) is 19.1 Å². The normalized spacial score (nSPS) is 17.4. The van der Waals surface area contributed by atoms with Crippen LogP contribution < -0.4 is 17.0 Å². The lowest BCUT2D eigenvalue weighted by Gasteiger charge is -2.16. The molecule has 1 amide bonds. The monoisotopic (exact) mass is 409 g/mol. The molecule has 3 aromatic rings. The number of amides is 1. The Hall–Kier alpha value is -2.94. The first-order chi connectivity index (χ1) is 14.0. The van der Waals surface area contributed by atoms with Crippen molar-refractivity contribution < 1.29 is 4.79 Å². The number of aromatic nitrogens is 4. The van der Waals surface area contributed by atoms with Crippen molar-refractivity contribution in [3.05, 3.63) is 62.6 Å². The lowest BCUT2D eigenvalue weighted by atomic mass is 10.1. The van der Waals surface area contributed by atoms with Gasteiger partial charge in [0.1, 0.15) is 21.5 Å². The largest absolute Gasteiger partial charge is 0.368 e. The molecule has 29 heavy (non-hydrogen) atoms. The predicted molar refractivity (Wildman–Crippen MR) is 109 cm³/mol. The van der Waals surface area contributed by atoms with Crippen LogP contribution in [0.25, 0.3) is 11.0 Å². The summed E-state index contributed by atoms with van der Waals surface area (Å²) in [7, 11) is 0. The van der Waals surface area contributed by atoms with Crippen molar-refractivity contribution in [2.45, 2.75) is 47.9 Å². The van der Waals surface area contributed by atoms with Crippen LogP contribution in [-0.4, -0.2) is 25.4 Å². The highest BCUT2D eigenvalue weighted by atomic mass is 32.2. The van der Waals surface area contributed by atoms with Crippen molar-refractivity contribution in [1.29, 1.82) is 0 Å². The quantitative estimate of drug-likeness (QED) is 0.474. The third kappa shape index (κ3) is 3.35. The van der Waals surface area contributed by atoms with Gasteiger partial charge in [0.25, 0.3) is 5.56 Å². The van der Waals surface area contributed by atoms with Gasteiger partial charge >= 0.3 is 5.69 Å². The fourth-order valence-electron chi connectivity index (χ4n) is 3.44. The summed E-state index contributed by atoms with van der Waals surface area (Å²) in [6.07, 6.45) is 3.70. The Labute approximate surface area is 169 Å². The molecular weight excluding hydrogens is 390 g/mol. The van der Waals surface area contributed by atoms with Crippen molar-refractivity contribution in [3.8, 4) is 0 Å². The van der Waals surface area contributed by atoms with E-state index in [1.165, 1.54) is 0 Å². The van der Waals surface area contributed by atoms with E-state index in [9.17, 15) is 14.4 Å². The van der Waals surface area contributed by atoms with Crippen molar-refractivity contribution >= 4 is 28.7 Å². The van der Waals surface area contributed by atoms with Crippen LogP contribution in [-0.2, 0) is 4.79 Å². The van der Waals surface area contributed by atoms with Gasteiger partial charge in [0.05, 0.1) is 0 Å². The first-order valence-corrected chi connectivity index (χ1v) is 10.5. The molecule has 2 aliphatic rings. The van der Waals surface area contributed by atoms with Crippen LogP contribution in [0, 0.1) is 0 Å². The molecule has 0 radical (unpaired) electrons. The maximum atomic E-state index is 12.7. The average Bonchev–Trinajstić information content (AvgIpc) is 3.59. The summed E-state index contributed by atoms with van der Waals surface area (Å²) < 4.78 is 1.57. The molecule has 0 spiro atoms. The summed E-state index contributed by atoms with van der Waals surface area (Å²) in [4.78, 5) is 49.0. The van der Waals surface area contributed by atoms with E-state index in [4.69, 9.17) is 5.73 Å². The van der Waals surface area contributed by atoms with E-state index < -0.39 is 22.4 Å². The Morgan fingerprint density at radius 2 is 1.86 bits per heavy atom. The number of nitrogens with zero attached hydrogens (tertiary/aromatic N) is 3. The van der Waals surface area contributed by atoms with Crippen LogP contribution in [0.5, 0.6) is 0 Å². The third-order valence-electron chi connectivity index (χ3n) is 5.21. The number of benzene rings is 1. The zero-order valence-corrected chi connectivity index (χ0v) is 16.3. The molecule has 1 atom stereocenters. The first-order valence-electron chi connectivity index (χ1n) is 9.60. The summed E-state index contributed by atoms with van der Waals surface area (Å²) in [6, 6.07) is 9.20. The molecular formula is C20H19N5O3S. The van der Waals surface area contributed by atoms with Crippen LogP contribution in [0.1, 0.15) is 54.3 Å². The van der Waals surface area contributed by atoms with E-state index in [0.717, 1.165) is 43.0 Å². The van der Waals surface area contributed by atoms with Crippen molar-refractivity contribution in [2.24, 2.45) is 5.73 Å². The molecule has 9 heteroatoms. The minimum atomic E-state index is -0.706. The topological polar surface area (TPSA) is 124 Å². The number of carbonyl (C=O) groups excluding carboxylic acids is 1. The summed E-state index contributed by atoms with van der Waals surface area (Å²) in [6.45, 7) is 0. The van der Waals surface area contributed by atoms with Crippen LogP contribution in [0.4, 0.5) is 0 Å². The lowest BCUT2D eigenvalue weighted by Crippen LogP contribution is -2.31. The molecule has 0 saturated heterocycles. The van der Waals surface area contributed by atoms with E-state index >= 15 is 0 Å². The van der Waals surface area contributed by atoms with Gasteiger partial charge in [-0.05, 0) is 31.2 Å². The van der Waals surface area contributed by atoms with Gasteiger partial charge in [-0.15, -0.1) is 0 Å². The van der Waals surface area contributed by atoms with Gasteiger partial charge in [0, 0.05) is 12.0 Å². The summed E-state index contributed by atoms with van der Waals surface area (Å²) in [5, 5.41) is -0.0738. The van der Waals surface area contributed by atoms with Gasteiger partial charge in [-0.1, -0.05) is 42.1 Å². The Bertz CT molecular complexity index is 1230. The number of aromatic amines is 1. The molecule has 1 aromatic carbocycles. The Balaban J connectivity index is 1.72. The second kappa shape index (κ2) is 6.84. The van der Waals surface area contributed by atoms with Crippen LogP contribution >= 0.6 is 11.8 Å². The number of fused-ring (bicyclic) bond motifs is 1. The van der Waals surface area contributed by atoms with Gasteiger partial charge in [0.15, 0.2) is 5.65 Å². The summed E-state index contributed by atoms with van der Waals surface area (Å²) in [5.41, 5.74) is 5.78. The molecule has 2 saturated carbocycles. The summed E-state index contributed by atoms with van der Waals surface area (Å²) >= 11 is 1.14. The van der Waals surface area contributed by atoms with Gasteiger partial charge in [0.2, 0.25) is 5.91 Å². The van der Waals surface area contributed by atoms with Crippen molar-refractivity contribution in [1.82, 2.24) is 19.5 Å². The molecule has 5 rings (SSSR count). The number of nitrogens with one attached hydrogen (secondary N) is 1. The smallest absolute Gasteiger partial charge is 0.330 e. The molecule has 0 aliphatic heterocycles. The highest BCUT2D eigenvalue weighted by Gasteiger charge is 2.33. The molecule has 2 fully saturated rings. The standard InChI is InChI=1S/C20H19N5O3S/c21-15(26)14(10-4-2-1-3-5-10)29-19-13-17(22-16(23-19)11-6-7-11)25(12-8-9-12)20(28)24-18(13)27/h1-5,11-12,14H,6-9H2,(H2,21,26)(H,24,27,28). The fraction of sp³-hybridized carbons (Fsp3) is 0.350. The average molecular weight is 409 g/mol. The molecule has 3 N–H and O–H groups in total. The highest BCUT2D eigenvalue weighted by Crippen LogP contribution is 2.43. The number of H-pyrrole nitrogens is 1. The molecule has 2 aromatic heterocycles. The van der Waals surface area contributed by atoms with E-state index in [-0.39, 0.29) is 17.3 Å². The fourth-order valence-corrected chi connectivity index (χ4v) is 4.53. The molecule has 8 nitrogen and oxygen atoms in total. The Morgan fingerprint density at radius 3 is 2.48 bits per heavy atom. The van der Waals surface area contributed by atoms with E-state index in [1.807, 2.05) is 30.3 Å². The molecule has 2 aliphatic carbocycles. The van der Waals surface area contributed by atoms with Crippen molar-refractivity contribution in [2.75, 3.05) is 0 Å². The number of carbonyl (C=O) groups is 1. The second-order valence-electron chi connectivity index (χ2n) is 7.53. The van der Waals surface area contributed by atoms with Crippen LogP contribution in [0.15, 0.2) is 44.9 Å². The number of nitrogens with two attached hydrogens (primary N) is 1. The zero-order chi connectivity index (χ0) is 20.1. The first kappa shape index (κ1) is 18.1. The lowest BCUT2D eigenvalue weighted by molar-refractivity contribution is -0.117. The Kier molecular flexibility index (Phi) is 4.27. The number of rotatable bonds is 6. The van der Waals surface area contributed by atoms with Gasteiger partial charge < -0.3 is 5.73 Å². The predicted octanol–water partition coefficient (Wildman–Crippen LogP) is 2.01. The molecule has 148 valence electrons. The van der Waals surface area contributed by atoms with E-state index in [2.05, 4.69) is 15.0 Å². The number of primary amides is 1. The number of hydrogen-bond donors (Lipinski definition) is 2. The van der Waals surface area contributed by atoms with Crippen LogP contribution in [0.2, 0.25) is 0 Å². The maximum Gasteiger partial charge on any atom is 0.330 e. The molecule has 0 bridgehead atoms. The maximum absolute atomic E-state index is 12.7. The zero-order valence-electron chi connectivity index (χ0n) is 15.5. The minimum Gasteiger partial charge on any atom is -0.368 e. The number of hydrogen-bond acceptors (Lipinski definition) is 6. The second-order valence-corrected chi connectivity index (χ2v) is 8.63.